The van der Waals surface area contributed by atoms with E-state index in [0.29, 0.717) is 17.0 Å². The number of benzene rings is 2. The highest BCUT2D eigenvalue weighted by Crippen LogP contribution is 2.33. The van der Waals surface area contributed by atoms with Crippen molar-refractivity contribution in [3.63, 3.8) is 0 Å². The molecule has 0 atom stereocenters. The summed E-state index contributed by atoms with van der Waals surface area (Å²) in [4.78, 5) is 20.6. The second-order valence-corrected chi connectivity index (χ2v) is 9.10. The number of nitrogens with one attached hydrogen (secondary N) is 2. The van der Waals surface area contributed by atoms with Crippen molar-refractivity contribution in [1.29, 1.82) is 0 Å². The summed E-state index contributed by atoms with van der Waals surface area (Å²) in [5.41, 5.74) is 2.75. The van der Waals surface area contributed by atoms with Crippen molar-refractivity contribution in [2.45, 2.75) is 13.0 Å². The Morgan fingerprint density at radius 1 is 1.18 bits per heavy atom. The van der Waals surface area contributed by atoms with Gasteiger partial charge in [-0.1, -0.05) is 0 Å². The summed E-state index contributed by atoms with van der Waals surface area (Å²) < 4.78 is 49.1. The third-order valence-electron chi connectivity index (χ3n) is 4.50. The van der Waals surface area contributed by atoms with Crippen molar-refractivity contribution in [1.82, 2.24) is 15.3 Å². The average molecular weight is 480 g/mol. The molecule has 0 fully saturated rings. The lowest BCUT2D eigenvalue weighted by Crippen LogP contribution is -2.40. The molecule has 33 heavy (non-hydrogen) atoms. The largest absolute Gasteiger partial charge is 0.481 e. The van der Waals surface area contributed by atoms with Crippen LogP contribution in [0.3, 0.4) is 0 Å². The molecule has 0 saturated heterocycles. The van der Waals surface area contributed by atoms with Crippen molar-refractivity contribution >= 4 is 44.7 Å². The zero-order valence-electron chi connectivity index (χ0n) is 18.4. The predicted molar refractivity (Wildman–Crippen MR) is 125 cm³/mol. The maximum absolute atomic E-state index is 13.9. The highest BCUT2D eigenvalue weighted by atomic mass is 32.2. The van der Waals surface area contributed by atoms with Crippen molar-refractivity contribution in [3.8, 4) is 5.75 Å². The summed E-state index contributed by atoms with van der Waals surface area (Å²) in [7, 11) is -0.132. The number of ether oxygens (including phenoxy) is 1. The van der Waals surface area contributed by atoms with E-state index in [1.54, 1.807) is 0 Å². The van der Waals surface area contributed by atoms with Gasteiger partial charge >= 0.3 is 0 Å². The SMILES string of the molecule is Cc1cc(N=S(C)C)cc2ncnc(Nc3ccc(F)cc3OCC(=O)NC(CF)CF)c12. The average Bonchev–Trinajstić information content (AvgIpc) is 2.77. The fourth-order valence-corrected chi connectivity index (χ4v) is 3.64. The van der Waals surface area contributed by atoms with Gasteiger partial charge in [0.25, 0.3) is 5.91 Å². The van der Waals surface area contributed by atoms with Crippen LogP contribution in [0.15, 0.2) is 41.0 Å². The first kappa shape index (κ1) is 24.4. The van der Waals surface area contributed by atoms with E-state index in [-0.39, 0.29) is 16.4 Å². The molecule has 0 unspecified atom stereocenters. The van der Waals surface area contributed by atoms with Crippen molar-refractivity contribution < 1.29 is 22.7 Å². The number of anilines is 2. The first-order chi connectivity index (χ1) is 15.8. The van der Waals surface area contributed by atoms with Crippen molar-refractivity contribution in [2.24, 2.45) is 4.36 Å². The molecule has 11 heteroatoms. The van der Waals surface area contributed by atoms with E-state index in [4.69, 9.17) is 4.74 Å². The first-order valence-electron chi connectivity index (χ1n) is 9.96. The zero-order chi connectivity index (χ0) is 24.0. The molecule has 2 N–H and O–H groups in total. The second kappa shape index (κ2) is 11.1. The molecule has 0 aliphatic carbocycles. The summed E-state index contributed by atoms with van der Waals surface area (Å²) >= 11 is 0. The highest BCUT2D eigenvalue weighted by molar-refractivity contribution is 7.85. The number of fused-ring (bicyclic) bond motifs is 1. The van der Waals surface area contributed by atoms with Crippen molar-refractivity contribution in [3.05, 3.63) is 48.0 Å². The molecule has 2 aromatic carbocycles. The van der Waals surface area contributed by atoms with Gasteiger partial charge in [0.05, 0.1) is 22.9 Å². The molecule has 1 amide bonds. The van der Waals surface area contributed by atoms with Crippen LogP contribution in [-0.4, -0.2) is 54.4 Å². The summed E-state index contributed by atoms with van der Waals surface area (Å²) in [6.07, 6.45) is 5.42. The van der Waals surface area contributed by atoms with E-state index in [0.717, 1.165) is 22.7 Å². The van der Waals surface area contributed by atoms with Gasteiger partial charge in [-0.25, -0.2) is 27.5 Å². The molecule has 1 heterocycles. The minimum atomic E-state index is -1.24. The van der Waals surface area contributed by atoms with Gasteiger partial charge in [0.15, 0.2) is 6.61 Å². The van der Waals surface area contributed by atoms with E-state index in [1.807, 2.05) is 31.6 Å². The lowest BCUT2D eigenvalue weighted by Gasteiger charge is -2.16. The Bertz CT molecular complexity index is 1180. The van der Waals surface area contributed by atoms with Crippen LogP contribution < -0.4 is 15.4 Å². The van der Waals surface area contributed by atoms with Crippen LogP contribution in [0.1, 0.15) is 5.56 Å². The molecule has 1 aromatic heterocycles. The number of carbonyl (C=O) groups excluding carboxylic acids is 1. The summed E-state index contributed by atoms with van der Waals surface area (Å²) in [6, 6.07) is 6.34. The Morgan fingerprint density at radius 2 is 1.94 bits per heavy atom. The number of amides is 1. The number of aromatic nitrogens is 2. The Balaban J connectivity index is 1.88. The smallest absolute Gasteiger partial charge is 0.258 e. The van der Waals surface area contributed by atoms with Crippen LogP contribution in [-0.2, 0) is 15.5 Å². The normalized spacial score (nSPS) is 11.2. The van der Waals surface area contributed by atoms with Gasteiger partial charge < -0.3 is 15.4 Å². The Labute approximate surface area is 191 Å². The molecule has 0 saturated carbocycles. The number of rotatable bonds is 9. The number of aryl methyl sites for hydroxylation is 1. The van der Waals surface area contributed by atoms with E-state index >= 15 is 0 Å². The molecular formula is C22H24F3N5O2S. The molecule has 0 radical (unpaired) electrons. The molecular weight excluding hydrogens is 455 g/mol. The number of halogens is 3. The van der Waals surface area contributed by atoms with Crippen LogP contribution in [0.5, 0.6) is 5.75 Å². The fraction of sp³-hybridized carbons (Fsp3) is 0.318. The summed E-state index contributed by atoms with van der Waals surface area (Å²) in [6.45, 7) is -0.708. The van der Waals surface area contributed by atoms with Gasteiger partial charge in [0.2, 0.25) is 0 Å². The molecule has 0 aliphatic heterocycles. The lowest BCUT2D eigenvalue weighted by molar-refractivity contribution is -0.124. The molecule has 7 nitrogen and oxygen atoms in total. The van der Waals surface area contributed by atoms with Crippen LogP contribution in [0.25, 0.3) is 10.9 Å². The molecule has 0 aliphatic rings. The fourth-order valence-electron chi connectivity index (χ4n) is 3.11. The predicted octanol–water partition coefficient (Wildman–Crippen LogP) is 4.32. The molecule has 176 valence electrons. The Morgan fingerprint density at radius 3 is 2.64 bits per heavy atom. The number of alkyl halides is 2. The maximum Gasteiger partial charge on any atom is 0.258 e. The molecule has 0 spiro atoms. The lowest BCUT2D eigenvalue weighted by atomic mass is 10.1. The maximum atomic E-state index is 13.9. The van der Waals surface area contributed by atoms with E-state index < -0.39 is 37.7 Å². The topological polar surface area (TPSA) is 88.5 Å². The molecule has 0 bridgehead atoms. The van der Waals surface area contributed by atoms with Gasteiger partial charge in [-0.3, -0.25) is 4.79 Å². The van der Waals surface area contributed by atoms with Gasteiger partial charge in [-0.15, -0.1) is 10.7 Å². The summed E-state index contributed by atoms with van der Waals surface area (Å²) in [5.74, 6) is -0.798. The number of nitrogens with zero attached hydrogens (tertiary/aromatic N) is 3. The molecule has 3 aromatic rings. The van der Waals surface area contributed by atoms with E-state index in [9.17, 15) is 18.0 Å². The highest BCUT2D eigenvalue weighted by Gasteiger charge is 2.15. The standard InChI is InChI=1S/C22H24F3N5O2S/c1-13-6-15(30-33(2)3)8-18-21(13)22(27-12-26-18)29-17-5-4-14(25)7-19(17)32-11-20(31)28-16(9-23)10-24/h4-8,12,16H,9-11H2,1-3H3,(H,28,31)(H,26,27,29). The minimum absolute atomic E-state index is 0.0410. The second-order valence-electron chi connectivity index (χ2n) is 7.37. The quantitative estimate of drug-likeness (QED) is 0.477. The van der Waals surface area contributed by atoms with E-state index in [2.05, 4.69) is 25.0 Å². The van der Waals surface area contributed by atoms with Gasteiger partial charge in [-0.2, -0.15) is 0 Å². The monoisotopic (exact) mass is 479 g/mol. The molecule has 3 rings (SSSR count). The minimum Gasteiger partial charge on any atom is -0.481 e. The first-order valence-corrected chi connectivity index (χ1v) is 12.0. The van der Waals surface area contributed by atoms with Gasteiger partial charge in [-0.05, 0) is 49.3 Å². The number of carbonyl (C=O) groups is 1. The van der Waals surface area contributed by atoms with E-state index in [1.165, 1.54) is 18.5 Å². The van der Waals surface area contributed by atoms with Crippen LogP contribution in [0, 0.1) is 12.7 Å². The van der Waals surface area contributed by atoms with Crippen LogP contribution in [0.2, 0.25) is 0 Å². The summed E-state index contributed by atoms with van der Waals surface area (Å²) in [5, 5.41) is 6.03. The number of hydrogen-bond donors (Lipinski definition) is 2. The van der Waals surface area contributed by atoms with Gasteiger partial charge in [0.1, 0.15) is 37.1 Å². The Hall–Kier alpha value is -3.21. The Kier molecular flexibility index (Phi) is 8.21. The third kappa shape index (κ3) is 6.41. The van der Waals surface area contributed by atoms with Crippen LogP contribution in [0.4, 0.5) is 30.4 Å². The zero-order valence-corrected chi connectivity index (χ0v) is 19.2. The van der Waals surface area contributed by atoms with Crippen molar-refractivity contribution in [2.75, 3.05) is 37.8 Å². The third-order valence-corrected chi connectivity index (χ3v) is 5.08. The van der Waals surface area contributed by atoms with Gasteiger partial charge in [0, 0.05) is 11.5 Å². The number of hydrogen-bond acceptors (Lipinski definition) is 6. The van der Waals surface area contributed by atoms with Crippen LogP contribution >= 0.6 is 0 Å².